The van der Waals surface area contributed by atoms with Gasteiger partial charge in [0.15, 0.2) is 11.5 Å². The Balaban J connectivity index is 1.79. The van der Waals surface area contributed by atoms with E-state index in [1.54, 1.807) is 11.8 Å². The van der Waals surface area contributed by atoms with Gasteiger partial charge in [0.2, 0.25) is 0 Å². The van der Waals surface area contributed by atoms with Crippen LogP contribution in [-0.2, 0) is 0 Å². The van der Waals surface area contributed by atoms with Gasteiger partial charge in [0.1, 0.15) is 0 Å². The highest BCUT2D eigenvalue weighted by molar-refractivity contribution is 7.99. The molecule has 0 saturated heterocycles. The minimum Gasteiger partial charge on any atom is -0.490 e. The average Bonchev–Trinajstić information content (AvgIpc) is 2.47. The molecule has 0 aliphatic heterocycles. The van der Waals surface area contributed by atoms with Gasteiger partial charge in [-0.1, -0.05) is 30.3 Å². The molecule has 2 nitrogen and oxygen atoms in total. The summed E-state index contributed by atoms with van der Waals surface area (Å²) in [4.78, 5) is 1.27. The Bertz CT molecular complexity index is 485. The van der Waals surface area contributed by atoms with Gasteiger partial charge in [-0.25, -0.2) is 0 Å². The lowest BCUT2D eigenvalue weighted by Gasteiger charge is -2.11. The van der Waals surface area contributed by atoms with Crippen molar-refractivity contribution in [1.82, 2.24) is 0 Å². The van der Waals surface area contributed by atoms with Gasteiger partial charge in [-0.05, 0) is 31.2 Å². The van der Waals surface area contributed by atoms with Crippen LogP contribution < -0.4 is 9.47 Å². The fourth-order valence-corrected chi connectivity index (χ4v) is 2.42. The van der Waals surface area contributed by atoms with E-state index in [0.29, 0.717) is 13.2 Å². The largest absolute Gasteiger partial charge is 0.490 e. The van der Waals surface area contributed by atoms with E-state index in [1.165, 1.54) is 4.90 Å². The molecule has 0 saturated carbocycles. The van der Waals surface area contributed by atoms with Gasteiger partial charge in [-0.3, -0.25) is 0 Å². The van der Waals surface area contributed by atoms with Crippen molar-refractivity contribution in [3.8, 4) is 11.5 Å². The number of rotatable bonds is 7. The molecule has 0 N–H and O–H groups in total. The van der Waals surface area contributed by atoms with Crippen molar-refractivity contribution in [2.24, 2.45) is 0 Å². The van der Waals surface area contributed by atoms with E-state index in [1.807, 2.05) is 49.4 Å². The smallest absolute Gasteiger partial charge is 0.161 e. The van der Waals surface area contributed by atoms with E-state index < -0.39 is 0 Å². The summed E-state index contributed by atoms with van der Waals surface area (Å²) in [5, 5.41) is 0. The van der Waals surface area contributed by atoms with Gasteiger partial charge in [0, 0.05) is 10.6 Å². The van der Waals surface area contributed by atoms with E-state index in [0.717, 1.165) is 17.3 Å². The maximum atomic E-state index is 5.77. The summed E-state index contributed by atoms with van der Waals surface area (Å²) >= 11 is 1.79. The summed E-state index contributed by atoms with van der Waals surface area (Å²) in [6.07, 6.45) is 0. The van der Waals surface area contributed by atoms with Gasteiger partial charge >= 0.3 is 0 Å². The van der Waals surface area contributed by atoms with Crippen LogP contribution in [0.2, 0.25) is 0 Å². The molecule has 0 fully saturated rings. The van der Waals surface area contributed by atoms with Crippen molar-refractivity contribution >= 4 is 11.8 Å². The lowest BCUT2D eigenvalue weighted by Crippen LogP contribution is -2.02. The van der Waals surface area contributed by atoms with Gasteiger partial charge in [0.25, 0.3) is 0 Å². The highest BCUT2D eigenvalue weighted by Gasteiger charge is 2.03. The zero-order chi connectivity index (χ0) is 13.3. The number of thioether (sulfide) groups is 1. The fourth-order valence-electron chi connectivity index (χ4n) is 1.67. The summed E-state index contributed by atoms with van der Waals surface area (Å²) < 4.78 is 11.3. The molecule has 19 heavy (non-hydrogen) atoms. The summed E-state index contributed by atoms with van der Waals surface area (Å²) in [6.45, 7) is 3.30. The first-order valence-corrected chi connectivity index (χ1v) is 7.41. The van der Waals surface area contributed by atoms with Crippen LogP contribution >= 0.6 is 11.8 Å². The highest BCUT2D eigenvalue weighted by Crippen LogP contribution is 2.26. The second-order valence-corrected chi connectivity index (χ2v) is 5.06. The Labute approximate surface area is 118 Å². The van der Waals surface area contributed by atoms with Crippen molar-refractivity contribution in [2.45, 2.75) is 11.8 Å². The third kappa shape index (κ3) is 4.52. The molecule has 2 aromatic rings. The van der Waals surface area contributed by atoms with Gasteiger partial charge in [-0.2, -0.15) is 0 Å². The number of para-hydroxylation sites is 2. The first-order chi connectivity index (χ1) is 9.40. The molecule has 0 aliphatic rings. The Morgan fingerprint density at radius 3 is 2.16 bits per heavy atom. The summed E-state index contributed by atoms with van der Waals surface area (Å²) in [5.41, 5.74) is 0. The maximum Gasteiger partial charge on any atom is 0.161 e. The van der Waals surface area contributed by atoms with Crippen molar-refractivity contribution in [3.63, 3.8) is 0 Å². The lowest BCUT2D eigenvalue weighted by molar-refractivity contribution is 0.289. The second-order valence-electron chi connectivity index (χ2n) is 3.89. The number of hydrogen-bond donors (Lipinski definition) is 0. The van der Waals surface area contributed by atoms with Gasteiger partial charge < -0.3 is 9.47 Å². The van der Waals surface area contributed by atoms with Crippen LogP contribution in [0.25, 0.3) is 0 Å². The average molecular weight is 274 g/mol. The molecular formula is C16H18O2S. The predicted molar refractivity (Wildman–Crippen MR) is 80.3 cm³/mol. The van der Waals surface area contributed by atoms with Crippen LogP contribution in [0.15, 0.2) is 59.5 Å². The molecular weight excluding hydrogens is 256 g/mol. The molecule has 0 unspecified atom stereocenters. The van der Waals surface area contributed by atoms with Crippen LogP contribution in [0.5, 0.6) is 11.5 Å². The molecule has 3 heteroatoms. The molecule has 0 heterocycles. The van der Waals surface area contributed by atoms with E-state index in [4.69, 9.17) is 9.47 Å². The Morgan fingerprint density at radius 1 is 0.842 bits per heavy atom. The summed E-state index contributed by atoms with van der Waals surface area (Å²) in [5.74, 6) is 2.55. The Hall–Kier alpha value is -1.61. The summed E-state index contributed by atoms with van der Waals surface area (Å²) in [7, 11) is 0. The first-order valence-electron chi connectivity index (χ1n) is 6.42. The van der Waals surface area contributed by atoms with Crippen molar-refractivity contribution in [3.05, 3.63) is 54.6 Å². The molecule has 0 radical (unpaired) electrons. The quantitative estimate of drug-likeness (QED) is 0.555. The molecule has 0 aliphatic carbocycles. The molecule has 0 amide bonds. The Kier molecular flexibility index (Phi) is 5.63. The van der Waals surface area contributed by atoms with Crippen molar-refractivity contribution in [2.75, 3.05) is 19.0 Å². The molecule has 2 rings (SSSR count). The number of ether oxygens (including phenoxy) is 2. The summed E-state index contributed by atoms with van der Waals surface area (Å²) in [6, 6.07) is 18.1. The SMILES string of the molecule is CCOc1ccccc1OCCSc1ccccc1. The minimum absolute atomic E-state index is 0.652. The molecule has 2 aromatic carbocycles. The van der Waals surface area contributed by atoms with E-state index in [9.17, 15) is 0 Å². The van der Waals surface area contributed by atoms with Crippen LogP contribution in [0, 0.1) is 0 Å². The normalized spacial score (nSPS) is 10.2. The molecule has 0 spiro atoms. The third-order valence-corrected chi connectivity index (χ3v) is 3.48. The first kappa shape index (κ1) is 13.8. The maximum absolute atomic E-state index is 5.77. The van der Waals surface area contributed by atoms with E-state index in [-0.39, 0.29) is 0 Å². The van der Waals surface area contributed by atoms with Gasteiger partial charge in [-0.15, -0.1) is 11.8 Å². The van der Waals surface area contributed by atoms with Crippen LogP contribution in [-0.4, -0.2) is 19.0 Å². The molecule has 0 atom stereocenters. The third-order valence-electron chi connectivity index (χ3n) is 2.50. The monoisotopic (exact) mass is 274 g/mol. The van der Waals surface area contributed by atoms with Crippen molar-refractivity contribution in [1.29, 1.82) is 0 Å². The van der Waals surface area contributed by atoms with E-state index >= 15 is 0 Å². The van der Waals surface area contributed by atoms with Crippen LogP contribution in [0.4, 0.5) is 0 Å². The molecule has 0 aromatic heterocycles. The Morgan fingerprint density at radius 2 is 1.47 bits per heavy atom. The van der Waals surface area contributed by atoms with Crippen LogP contribution in [0.3, 0.4) is 0 Å². The standard InChI is InChI=1S/C16H18O2S/c1-2-17-15-10-6-7-11-16(15)18-12-13-19-14-8-4-3-5-9-14/h3-11H,2,12-13H2,1H3. The number of hydrogen-bond acceptors (Lipinski definition) is 3. The van der Waals surface area contributed by atoms with Gasteiger partial charge in [0.05, 0.1) is 13.2 Å². The fraction of sp³-hybridized carbons (Fsp3) is 0.250. The zero-order valence-electron chi connectivity index (χ0n) is 11.0. The lowest BCUT2D eigenvalue weighted by atomic mass is 10.3. The highest BCUT2D eigenvalue weighted by atomic mass is 32.2. The van der Waals surface area contributed by atoms with Crippen molar-refractivity contribution < 1.29 is 9.47 Å². The predicted octanol–water partition coefficient (Wildman–Crippen LogP) is 4.26. The second kappa shape index (κ2) is 7.74. The topological polar surface area (TPSA) is 18.5 Å². The molecule has 100 valence electrons. The number of benzene rings is 2. The van der Waals surface area contributed by atoms with Crippen LogP contribution in [0.1, 0.15) is 6.92 Å². The minimum atomic E-state index is 0.652. The van der Waals surface area contributed by atoms with E-state index in [2.05, 4.69) is 12.1 Å². The zero-order valence-corrected chi connectivity index (χ0v) is 11.9. The molecule has 0 bridgehead atoms.